The number of amides is 1. The first kappa shape index (κ1) is 28.7. The van der Waals surface area contributed by atoms with Crippen LogP contribution in [0.15, 0.2) is 60.5 Å². The van der Waals surface area contributed by atoms with Gasteiger partial charge in [0.2, 0.25) is 0 Å². The Kier molecular flexibility index (Phi) is 8.46. The lowest BCUT2D eigenvalue weighted by atomic mass is 10.0. The Morgan fingerprint density at radius 2 is 1.95 bits per heavy atom. The Bertz CT molecular complexity index is 1550. The molecule has 8 nitrogen and oxygen atoms in total. The van der Waals surface area contributed by atoms with Crippen LogP contribution in [-0.4, -0.2) is 47.3 Å². The molecule has 0 bridgehead atoms. The number of carbonyl (C=O) groups excluding carboxylic acids is 2. The highest BCUT2D eigenvalue weighted by atomic mass is 35.5. The van der Waals surface area contributed by atoms with Crippen LogP contribution >= 0.6 is 11.6 Å². The zero-order valence-electron chi connectivity index (χ0n) is 23.5. The van der Waals surface area contributed by atoms with Gasteiger partial charge in [0.05, 0.1) is 30.0 Å². The molecule has 0 N–H and O–H groups in total. The number of hydrogen-bond donors (Lipinski definition) is 0. The summed E-state index contributed by atoms with van der Waals surface area (Å²) in [6.07, 6.45) is 3.91. The molecule has 4 rings (SSSR count). The molecule has 9 heteroatoms. The zero-order chi connectivity index (χ0) is 29.1. The highest BCUT2D eigenvalue weighted by molar-refractivity contribution is 6.31. The van der Waals surface area contributed by atoms with Gasteiger partial charge in [0.1, 0.15) is 23.9 Å². The van der Waals surface area contributed by atoms with Gasteiger partial charge in [-0.25, -0.2) is 4.98 Å². The fraction of sp³-hybridized carbons (Fsp3) is 0.290. The number of methoxy groups -OCH3 is 1. The molecule has 1 unspecified atom stereocenters. The maximum Gasteiger partial charge on any atom is 0.279 e. The molecule has 2 aromatic carbocycles. The van der Waals surface area contributed by atoms with E-state index in [1.165, 1.54) is 6.08 Å². The van der Waals surface area contributed by atoms with Crippen LogP contribution in [0.4, 0.5) is 5.69 Å². The number of nitriles is 1. The molecule has 1 amide bonds. The largest absolute Gasteiger partial charge is 0.494 e. The minimum absolute atomic E-state index is 0.127. The van der Waals surface area contributed by atoms with E-state index in [2.05, 4.69) is 6.07 Å². The lowest BCUT2D eigenvalue weighted by Crippen LogP contribution is -2.31. The van der Waals surface area contributed by atoms with Gasteiger partial charge in [-0.15, -0.1) is 0 Å². The second-order valence-electron chi connectivity index (χ2n) is 9.86. The molecule has 1 aliphatic heterocycles. The minimum Gasteiger partial charge on any atom is -0.494 e. The van der Waals surface area contributed by atoms with Crippen LogP contribution in [0.5, 0.6) is 0 Å². The van der Waals surface area contributed by atoms with Crippen molar-refractivity contribution in [3.8, 4) is 6.07 Å². The first-order valence-corrected chi connectivity index (χ1v) is 13.4. The molecule has 0 saturated heterocycles. The number of ether oxygens (including phenoxy) is 1. The molecule has 206 valence electrons. The summed E-state index contributed by atoms with van der Waals surface area (Å²) in [5, 5.41) is 9.89. The summed E-state index contributed by atoms with van der Waals surface area (Å²) < 4.78 is 7.70. The van der Waals surface area contributed by atoms with E-state index in [9.17, 15) is 14.9 Å². The predicted octanol–water partition coefficient (Wildman–Crippen LogP) is 6.07. The molecule has 3 aromatic rings. The van der Waals surface area contributed by atoms with Gasteiger partial charge in [-0.1, -0.05) is 29.8 Å². The number of imidazole rings is 1. The molecule has 0 saturated carbocycles. The first-order valence-electron chi connectivity index (χ1n) is 13.0. The summed E-state index contributed by atoms with van der Waals surface area (Å²) in [5.41, 5.74) is 4.33. The van der Waals surface area contributed by atoms with Crippen LogP contribution in [-0.2, 0) is 9.53 Å². The second-order valence-corrected chi connectivity index (χ2v) is 10.3. The van der Waals surface area contributed by atoms with E-state index in [-0.39, 0.29) is 17.6 Å². The second kappa shape index (κ2) is 11.8. The van der Waals surface area contributed by atoms with Gasteiger partial charge in [-0.3, -0.25) is 14.5 Å². The predicted molar refractivity (Wildman–Crippen MR) is 156 cm³/mol. The minimum atomic E-state index is -0.554. The van der Waals surface area contributed by atoms with Crippen LogP contribution in [0.3, 0.4) is 0 Å². The molecule has 40 heavy (non-hydrogen) atoms. The number of allylic oxidation sites excluding steroid dienone is 2. The average Bonchev–Trinajstić information content (AvgIpc) is 3.46. The van der Waals surface area contributed by atoms with Crippen molar-refractivity contribution in [1.82, 2.24) is 14.5 Å². The molecule has 0 aliphatic carbocycles. The SMILES string of the molecule is CCN(C)/C=C(OC)\C(=C/C=O)c1nc2c(n1C(C)C)C(c1ccc(C#N)cc1)N(c1cc(Cl)ccc1C)C2=O. The summed E-state index contributed by atoms with van der Waals surface area (Å²) in [6, 6.07) is 14.1. The summed E-state index contributed by atoms with van der Waals surface area (Å²) in [5.74, 6) is 0.626. The standard InChI is InChI=1S/C31H32ClN5O3/c1-7-35(5)18-26(40-6)24(14-15-38)30-34-27-29(36(30)19(2)3)28(22-11-9-21(17-33)10-12-22)37(31(27)39)25-16-23(32)13-8-20(25)4/h8-16,18-19,28H,7H2,1-6H3/b24-14+,26-18+. The number of fused-ring (bicyclic) bond motifs is 1. The molecule has 2 heterocycles. The van der Waals surface area contributed by atoms with Crippen molar-refractivity contribution < 1.29 is 14.3 Å². The van der Waals surface area contributed by atoms with Gasteiger partial charge >= 0.3 is 0 Å². The van der Waals surface area contributed by atoms with Gasteiger partial charge in [0, 0.05) is 36.5 Å². The Balaban J connectivity index is 2.03. The van der Waals surface area contributed by atoms with E-state index in [0.29, 0.717) is 45.4 Å². The lowest BCUT2D eigenvalue weighted by molar-refractivity contribution is -0.104. The summed E-state index contributed by atoms with van der Waals surface area (Å²) in [7, 11) is 3.45. The summed E-state index contributed by atoms with van der Waals surface area (Å²) >= 11 is 6.39. The molecule has 0 spiro atoms. The van der Waals surface area contributed by atoms with Crippen molar-refractivity contribution in [2.75, 3.05) is 25.6 Å². The van der Waals surface area contributed by atoms with Crippen LogP contribution in [0.1, 0.15) is 71.6 Å². The molecule has 0 fully saturated rings. The summed E-state index contributed by atoms with van der Waals surface area (Å²) in [4.78, 5) is 34.5. The van der Waals surface area contributed by atoms with E-state index in [1.54, 1.807) is 42.5 Å². The van der Waals surface area contributed by atoms with Gasteiger partial charge < -0.3 is 14.2 Å². The van der Waals surface area contributed by atoms with Crippen molar-refractivity contribution in [1.29, 1.82) is 5.26 Å². The summed E-state index contributed by atoms with van der Waals surface area (Å²) in [6.45, 7) is 8.67. The molecule has 1 atom stereocenters. The topological polar surface area (TPSA) is 91.5 Å². The first-order chi connectivity index (χ1) is 19.2. The molecular weight excluding hydrogens is 526 g/mol. The van der Waals surface area contributed by atoms with Gasteiger partial charge in [0.25, 0.3) is 5.91 Å². The normalized spacial score (nSPS) is 15.3. The third-order valence-electron chi connectivity index (χ3n) is 6.99. The van der Waals surface area contributed by atoms with E-state index in [0.717, 1.165) is 17.7 Å². The Morgan fingerprint density at radius 1 is 1.25 bits per heavy atom. The highest BCUT2D eigenvalue weighted by Crippen LogP contribution is 2.45. The van der Waals surface area contributed by atoms with E-state index in [1.807, 2.05) is 62.4 Å². The van der Waals surface area contributed by atoms with Crippen molar-refractivity contribution >= 4 is 35.1 Å². The number of aromatic nitrogens is 2. The van der Waals surface area contributed by atoms with Gasteiger partial charge in [-0.2, -0.15) is 5.26 Å². The van der Waals surface area contributed by atoms with Crippen molar-refractivity contribution in [3.63, 3.8) is 0 Å². The number of nitrogens with zero attached hydrogens (tertiary/aromatic N) is 5. The maximum absolute atomic E-state index is 14.2. The molecule has 0 radical (unpaired) electrons. The van der Waals surface area contributed by atoms with Crippen molar-refractivity contribution in [3.05, 3.63) is 99.4 Å². The third-order valence-corrected chi connectivity index (χ3v) is 7.22. The number of benzene rings is 2. The third kappa shape index (κ3) is 5.13. The maximum atomic E-state index is 14.2. The Labute approximate surface area is 239 Å². The van der Waals surface area contributed by atoms with Gasteiger partial charge in [0.15, 0.2) is 5.69 Å². The van der Waals surface area contributed by atoms with Crippen LogP contribution in [0.25, 0.3) is 5.57 Å². The van der Waals surface area contributed by atoms with Gasteiger partial charge in [-0.05, 0) is 69.2 Å². The molecule has 1 aliphatic rings. The van der Waals surface area contributed by atoms with E-state index in [4.69, 9.17) is 21.3 Å². The number of aldehydes is 1. The molecular formula is C31H32ClN5O3. The van der Waals surface area contributed by atoms with Crippen LogP contribution in [0, 0.1) is 18.3 Å². The van der Waals surface area contributed by atoms with E-state index >= 15 is 0 Å². The number of aryl methyl sites for hydroxylation is 1. The zero-order valence-corrected chi connectivity index (χ0v) is 24.2. The number of halogens is 1. The van der Waals surface area contributed by atoms with Crippen molar-refractivity contribution in [2.24, 2.45) is 0 Å². The smallest absolute Gasteiger partial charge is 0.279 e. The monoisotopic (exact) mass is 557 g/mol. The number of carbonyl (C=O) groups is 2. The Hall–Kier alpha value is -4.35. The quantitative estimate of drug-likeness (QED) is 0.137. The molecule has 1 aromatic heterocycles. The highest BCUT2D eigenvalue weighted by Gasteiger charge is 2.45. The number of anilines is 1. The number of rotatable bonds is 9. The van der Waals surface area contributed by atoms with Crippen LogP contribution in [0.2, 0.25) is 5.02 Å². The van der Waals surface area contributed by atoms with Crippen LogP contribution < -0.4 is 4.90 Å². The lowest BCUT2D eigenvalue weighted by Gasteiger charge is -2.30. The van der Waals surface area contributed by atoms with E-state index < -0.39 is 6.04 Å². The van der Waals surface area contributed by atoms with Crippen molar-refractivity contribution in [2.45, 2.75) is 39.8 Å². The fourth-order valence-corrected chi connectivity index (χ4v) is 5.09. The Morgan fingerprint density at radius 3 is 2.52 bits per heavy atom. The fourth-order valence-electron chi connectivity index (χ4n) is 4.93. The number of hydrogen-bond acceptors (Lipinski definition) is 6. The average molecular weight is 558 g/mol.